The molecule has 2 N–H and O–H groups in total. The summed E-state index contributed by atoms with van der Waals surface area (Å²) in [4.78, 5) is 23.7. The number of aliphatic hydroxyl groups is 1. The van der Waals surface area contributed by atoms with Crippen LogP contribution in [0.25, 0.3) is 0 Å². The van der Waals surface area contributed by atoms with E-state index in [0.717, 1.165) is 12.8 Å². The smallest absolute Gasteiger partial charge is 0.322 e. The molecule has 1 aromatic rings. The van der Waals surface area contributed by atoms with Crippen LogP contribution in [0, 0.1) is 10.1 Å². The van der Waals surface area contributed by atoms with E-state index in [1.165, 1.54) is 18.2 Å². The third kappa shape index (κ3) is 3.00. The van der Waals surface area contributed by atoms with Gasteiger partial charge in [-0.1, -0.05) is 6.07 Å². The van der Waals surface area contributed by atoms with Crippen molar-refractivity contribution in [3.8, 4) is 0 Å². The van der Waals surface area contributed by atoms with Gasteiger partial charge in [0.2, 0.25) is 0 Å². The van der Waals surface area contributed by atoms with Crippen LogP contribution in [0.5, 0.6) is 0 Å². The largest absolute Gasteiger partial charge is 0.394 e. The number of likely N-dealkylation sites (tertiary alicyclic amines) is 1. The topological polar surface area (TPSA) is 95.7 Å². The van der Waals surface area contributed by atoms with E-state index in [9.17, 15) is 14.9 Å². The van der Waals surface area contributed by atoms with E-state index in [1.54, 1.807) is 11.0 Å². The van der Waals surface area contributed by atoms with E-state index in [1.807, 2.05) is 0 Å². The number of nitro groups is 1. The van der Waals surface area contributed by atoms with Crippen molar-refractivity contribution in [1.29, 1.82) is 0 Å². The lowest BCUT2D eigenvalue weighted by Crippen LogP contribution is -2.40. The standard InChI is InChI=1S/C12H15N3O4/c16-8-11-5-2-6-14(11)12(17)13-9-3-1-4-10(7-9)15(18)19/h1,3-4,7,11,16H,2,5-6,8H2,(H,13,17). The molecule has 1 heterocycles. The first kappa shape index (κ1) is 13.3. The number of anilines is 1. The monoisotopic (exact) mass is 265 g/mol. The van der Waals surface area contributed by atoms with Gasteiger partial charge < -0.3 is 15.3 Å². The number of nitrogens with zero attached hydrogens (tertiary/aromatic N) is 2. The zero-order valence-corrected chi connectivity index (χ0v) is 10.3. The summed E-state index contributed by atoms with van der Waals surface area (Å²) in [5, 5.41) is 22.4. The maximum atomic E-state index is 12.0. The number of rotatable bonds is 3. The number of nitrogens with one attached hydrogen (secondary N) is 1. The minimum atomic E-state index is -0.512. The Hall–Kier alpha value is -2.15. The summed E-state index contributed by atoms with van der Waals surface area (Å²) in [7, 11) is 0. The predicted molar refractivity (Wildman–Crippen MR) is 68.9 cm³/mol. The lowest BCUT2D eigenvalue weighted by atomic mass is 10.2. The minimum Gasteiger partial charge on any atom is -0.394 e. The molecular formula is C12H15N3O4. The summed E-state index contributed by atoms with van der Waals surface area (Å²) in [5.41, 5.74) is 0.306. The lowest BCUT2D eigenvalue weighted by Gasteiger charge is -2.23. The Bertz CT molecular complexity index is 492. The number of hydrogen-bond acceptors (Lipinski definition) is 4. The Morgan fingerprint density at radius 2 is 2.37 bits per heavy atom. The molecular weight excluding hydrogens is 250 g/mol. The van der Waals surface area contributed by atoms with E-state index in [2.05, 4.69) is 5.32 Å². The molecule has 19 heavy (non-hydrogen) atoms. The molecule has 2 amide bonds. The fourth-order valence-electron chi connectivity index (χ4n) is 2.19. The minimum absolute atomic E-state index is 0.0671. The highest BCUT2D eigenvalue weighted by atomic mass is 16.6. The highest BCUT2D eigenvalue weighted by Crippen LogP contribution is 2.20. The van der Waals surface area contributed by atoms with E-state index >= 15 is 0 Å². The molecule has 0 aromatic heterocycles. The first-order valence-electron chi connectivity index (χ1n) is 6.05. The zero-order chi connectivity index (χ0) is 13.8. The van der Waals surface area contributed by atoms with Gasteiger partial charge in [-0.2, -0.15) is 0 Å². The van der Waals surface area contributed by atoms with Gasteiger partial charge in [0.15, 0.2) is 0 Å². The van der Waals surface area contributed by atoms with Gasteiger partial charge in [0, 0.05) is 24.4 Å². The van der Waals surface area contributed by atoms with Gasteiger partial charge in [0.1, 0.15) is 0 Å². The molecule has 102 valence electrons. The maximum Gasteiger partial charge on any atom is 0.322 e. The highest BCUT2D eigenvalue weighted by Gasteiger charge is 2.28. The number of carbonyl (C=O) groups excluding carboxylic acids is 1. The second kappa shape index (κ2) is 5.66. The third-order valence-corrected chi connectivity index (χ3v) is 3.16. The van der Waals surface area contributed by atoms with E-state index < -0.39 is 4.92 Å². The number of urea groups is 1. The van der Waals surface area contributed by atoms with Crippen molar-refractivity contribution in [2.45, 2.75) is 18.9 Å². The molecule has 0 saturated carbocycles. The van der Waals surface area contributed by atoms with Crippen LogP contribution in [-0.4, -0.2) is 40.2 Å². The third-order valence-electron chi connectivity index (χ3n) is 3.16. The molecule has 1 aliphatic heterocycles. The molecule has 1 aliphatic rings. The van der Waals surface area contributed by atoms with Crippen molar-refractivity contribution in [2.75, 3.05) is 18.5 Å². The van der Waals surface area contributed by atoms with Gasteiger partial charge in [-0.15, -0.1) is 0 Å². The summed E-state index contributed by atoms with van der Waals surface area (Å²) in [6, 6.07) is 5.27. The molecule has 7 nitrogen and oxygen atoms in total. The SMILES string of the molecule is O=C(Nc1cccc([N+](=O)[O-])c1)N1CCCC1CO. The summed E-state index contributed by atoms with van der Waals surface area (Å²) in [6.45, 7) is 0.522. The molecule has 1 fully saturated rings. The summed E-state index contributed by atoms with van der Waals surface area (Å²) in [6.07, 6.45) is 1.63. The van der Waals surface area contributed by atoms with Crippen LogP contribution in [0.3, 0.4) is 0 Å². The number of non-ortho nitro benzene ring substituents is 1. The molecule has 1 atom stereocenters. The molecule has 1 saturated heterocycles. The number of nitro benzene ring substituents is 1. The Labute approximate surface area is 110 Å². The van der Waals surface area contributed by atoms with Crippen molar-refractivity contribution in [3.05, 3.63) is 34.4 Å². The molecule has 0 radical (unpaired) electrons. The molecule has 0 aliphatic carbocycles. The van der Waals surface area contributed by atoms with Crippen molar-refractivity contribution < 1.29 is 14.8 Å². The maximum absolute atomic E-state index is 12.0. The van der Waals surface area contributed by atoms with Crippen LogP contribution < -0.4 is 5.32 Å². The Morgan fingerprint density at radius 1 is 1.58 bits per heavy atom. The van der Waals surface area contributed by atoms with Gasteiger partial charge in [-0.05, 0) is 18.9 Å². The molecule has 7 heteroatoms. The first-order valence-corrected chi connectivity index (χ1v) is 6.05. The number of hydrogen-bond donors (Lipinski definition) is 2. The van der Waals surface area contributed by atoms with Crippen molar-refractivity contribution >= 4 is 17.4 Å². The second-order valence-corrected chi connectivity index (χ2v) is 4.41. The first-order chi connectivity index (χ1) is 9.11. The average Bonchev–Trinajstić information content (AvgIpc) is 2.87. The number of benzene rings is 1. The van der Waals surface area contributed by atoms with Gasteiger partial charge in [-0.3, -0.25) is 10.1 Å². The van der Waals surface area contributed by atoms with Gasteiger partial charge >= 0.3 is 6.03 Å². The highest BCUT2D eigenvalue weighted by molar-refractivity contribution is 5.90. The van der Waals surface area contributed by atoms with Crippen molar-refractivity contribution in [1.82, 2.24) is 4.90 Å². The van der Waals surface area contributed by atoms with E-state index in [0.29, 0.717) is 12.2 Å². The average molecular weight is 265 g/mol. The number of aliphatic hydroxyl groups excluding tert-OH is 1. The fraction of sp³-hybridized carbons (Fsp3) is 0.417. The van der Waals surface area contributed by atoms with Gasteiger partial charge in [0.25, 0.3) is 5.69 Å². The predicted octanol–water partition coefficient (Wildman–Crippen LogP) is 1.58. The van der Waals surface area contributed by atoms with Crippen LogP contribution in [0.15, 0.2) is 24.3 Å². The van der Waals surface area contributed by atoms with E-state index in [4.69, 9.17) is 5.11 Å². The summed E-state index contributed by atoms with van der Waals surface area (Å²) >= 11 is 0. The molecule has 2 rings (SSSR count). The molecule has 1 unspecified atom stereocenters. The zero-order valence-electron chi connectivity index (χ0n) is 10.3. The molecule has 1 aromatic carbocycles. The second-order valence-electron chi connectivity index (χ2n) is 4.41. The Balaban J connectivity index is 2.06. The van der Waals surface area contributed by atoms with Crippen molar-refractivity contribution in [3.63, 3.8) is 0 Å². The van der Waals surface area contributed by atoms with Crippen molar-refractivity contribution in [2.24, 2.45) is 0 Å². The van der Waals surface area contributed by atoms with Crippen LogP contribution in [0.1, 0.15) is 12.8 Å². The Morgan fingerprint density at radius 3 is 3.05 bits per heavy atom. The number of amides is 2. The fourth-order valence-corrected chi connectivity index (χ4v) is 2.19. The van der Waals surface area contributed by atoms with Crippen LogP contribution in [-0.2, 0) is 0 Å². The normalized spacial score (nSPS) is 18.4. The van der Waals surface area contributed by atoms with Gasteiger partial charge in [0.05, 0.1) is 17.6 Å². The van der Waals surface area contributed by atoms with E-state index in [-0.39, 0.29) is 24.4 Å². The molecule has 0 spiro atoms. The lowest BCUT2D eigenvalue weighted by molar-refractivity contribution is -0.384. The van der Waals surface area contributed by atoms with Gasteiger partial charge in [-0.25, -0.2) is 4.79 Å². The summed E-state index contributed by atoms with van der Waals surface area (Å²) in [5.74, 6) is 0. The van der Waals surface area contributed by atoms with Crippen LogP contribution >= 0.6 is 0 Å². The van der Waals surface area contributed by atoms with Crippen LogP contribution in [0.2, 0.25) is 0 Å². The Kier molecular flexibility index (Phi) is 3.96. The molecule has 0 bridgehead atoms. The summed E-state index contributed by atoms with van der Waals surface area (Å²) < 4.78 is 0. The van der Waals surface area contributed by atoms with Crippen LogP contribution in [0.4, 0.5) is 16.2 Å². The quantitative estimate of drug-likeness (QED) is 0.640. The number of carbonyl (C=O) groups is 1.